The normalized spacial score (nSPS) is 37.7. The summed E-state index contributed by atoms with van der Waals surface area (Å²) in [5.41, 5.74) is -0.919. The number of hydrogen-bond donors (Lipinski definition) is 1. The SMILES string of the molecule is Cn1ccnc1C1(O)CC2CCC(C1)N2C(=O)C1CCCO1. The highest BCUT2D eigenvalue weighted by Gasteiger charge is 2.52. The number of carbonyl (C=O) groups is 1. The number of ether oxygens (including phenoxy) is 1. The van der Waals surface area contributed by atoms with Crippen molar-refractivity contribution in [2.45, 2.75) is 62.3 Å². The summed E-state index contributed by atoms with van der Waals surface area (Å²) in [5, 5.41) is 11.1. The van der Waals surface area contributed by atoms with Crippen LogP contribution in [0.15, 0.2) is 12.4 Å². The Bertz CT molecular complexity index is 565. The Morgan fingerprint density at radius 2 is 2.09 bits per heavy atom. The van der Waals surface area contributed by atoms with E-state index in [1.165, 1.54) is 0 Å². The van der Waals surface area contributed by atoms with Crippen molar-refractivity contribution in [3.63, 3.8) is 0 Å². The van der Waals surface area contributed by atoms with E-state index in [1.54, 1.807) is 6.20 Å². The van der Waals surface area contributed by atoms with E-state index in [1.807, 2.05) is 22.7 Å². The van der Waals surface area contributed by atoms with E-state index in [4.69, 9.17) is 4.74 Å². The van der Waals surface area contributed by atoms with Crippen molar-refractivity contribution in [3.05, 3.63) is 18.2 Å². The van der Waals surface area contributed by atoms with Crippen LogP contribution in [0, 0.1) is 0 Å². The van der Waals surface area contributed by atoms with Gasteiger partial charge in [0.2, 0.25) is 0 Å². The summed E-state index contributed by atoms with van der Waals surface area (Å²) in [6, 6.07) is 0.217. The van der Waals surface area contributed by atoms with Crippen molar-refractivity contribution in [1.82, 2.24) is 14.5 Å². The third-order valence-electron chi connectivity index (χ3n) is 5.46. The number of carbonyl (C=O) groups excluding carboxylic acids is 1. The van der Waals surface area contributed by atoms with Gasteiger partial charge in [-0.1, -0.05) is 0 Å². The number of fused-ring (bicyclic) bond motifs is 2. The molecule has 6 heteroatoms. The van der Waals surface area contributed by atoms with E-state index < -0.39 is 5.60 Å². The fourth-order valence-corrected chi connectivity index (χ4v) is 4.52. The molecule has 1 aromatic heterocycles. The second-order valence-corrected chi connectivity index (χ2v) is 6.93. The van der Waals surface area contributed by atoms with Gasteiger partial charge >= 0.3 is 0 Å². The Morgan fingerprint density at radius 1 is 1.36 bits per heavy atom. The Hall–Kier alpha value is -1.40. The molecule has 1 aromatic rings. The van der Waals surface area contributed by atoms with Crippen molar-refractivity contribution in [1.29, 1.82) is 0 Å². The van der Waals surface area contributed by atoms with Gasteiger partial charge in [0.15, 0.2) is 0 Å². The number of aryl methyl sites for hydroxylation is 1. The number of hydrogen-bond acceptors (Lipinski definition) is 4. The maximum Gasteiger partial charge on any atom is 0.252 e. The minimum atomic E-state index is -0.919. The molecule has 0 spiro atoms. The van der Waals surface area contributed by atoms with Crippen LogP contribution in [0.4, 0.5) is 0 Å². The van der Waals surface area contributed by atoms with Crippen molar-refractivity contribution in [2.24, 2.45) is 7.05 Å². The van der Waals surface area contributed by atoms with E-state index in [-0.39, 0.29) is 24.1 Å². The van der Waals surface area contributed by atoms with Gasteiger partial charge < -0.3 is 19.3 Å². The molecule has 120 valence electrons. The van der Waals surface area contributed by atoms with E-state index >= 15 is 0 Å². The Kier molecular flexibility index (Phi) is 3.27. The Morgan fingerprint density at radius 3 is 2.64 bits per heavy atom. The van der Waals surface area contributed by atoms with Crippen LogP contribution in [-0.4, -0.2) is 50.3 Å². The first-order chi connectivity index (χ1) is 10.6. The van der Waals surface area contributed by atoms with E-state index in [9.17, 15) is 9.90 Å². The number of aromatic nitrogens is 2. The highest BCUT2D eigenvalue weighted by molar-refractivity contribution is 5.82. The van der Waals surface area contributed by atoms with E-state index in [0.29, 0.717) is 25.3 Å². The molecule has 3 aliphatic heterocycles. The topological polar surface area (TPSA) is 67.6 Å². The van der Waals surface area contributed by atoms with E-state index in [0.717, 1.165) is 25.7 Å². The molecule has 0 saturated carbocycles. The standard InChI is InChI=1S/C16H23N3O3/c1-18-7-6-17-15(18)16(21)9-11-4-5-12(10-16)19(11)14(20)13-3-2-8-22-13/h6-7,11-13,21H,2-5,8-10H2,1H3. The van der Waals surface area contributed by atoms with Crippen molar-refractivity contribution in [3.8, 4) is 0 Å². The van der Waals surface area contributed by atoms with Crippen molar-refractivity contribution < 1.29 is 14.6 Å². The summed E-state index contributed by atoms with van der Waals surface area (Å²) in [5.74, 6) is 0.848. The Balaban J connectivity index is 1.57. The number of aliphatic hydroxyl groups is 1. The smallest absolute Gasteiger partial charge is 0.252 e. The van der Waals surface area contributed by atoms with Crippen LogP contribution in [-0.2, 0) is 22.2 Å². The van der Waals surface area contributed by atoms with Gasteiger partial charge in [0.25, 0.3) is 5.91 Å². The molecule has 3 fully saturated rings. The molecule has 1 N–H and O–H groups in total. The van der Waals surface area contributed by atoms with Gasteiger partial charge in [-0.3, -0.25) is 4.79 Å². The van der Waals surface area contributed by atoms with Gasteiger partial charge in [-0.15, -0.1) is 0 Å². The summed E-state index contributed by atoms with van der Waals surface area (Å²) < 4.78 is 7.45. The van der Waals surface area contributed by atoms with Gasteiger partial charge in [-0.25, -0.2) is 4.98 Å². The third-order valence-corrected chi connectivity index (χ3v) is 5.46. The van der Waals surface area contributed by atoms with E-state index in [2.05, 4.69) is 4.98 Å². The van der Waals surface area contributed by atoms with Crippen molar-refractivity contribution in [2.75, 3.05) is 6.61 Å². The first-order valence-corrected chi connectivity index (χ1v) is 8.22. The second-order valence-electron chi connectivity index (χ2n) is 6.93. The van der Waals surface area contributed by atoms with Gasteiger partial charge in [0.05, 0.1) is 0 Å². The third kappa shape index (κ3) is 2.08. The molecule has 3 saturated heterocycles. The summed E-state index contributed by atoms with van der Waals surface area (Å²) in [6.45, 7) is 0.691. The maximum absolute atomic E-state index is 12.7. The highest BCUT2D eigenvalue weighted by atomic mass is 16.5. The average Bonchev–Trinajstić information content (AvgIpc) is 3.19. The van der Waals surface area contributed by atoms with Crippen molar-refractivity contribution >= 4 is 5.91 Å². The summed E-state index contributed by atoms with van der Waals surface area (Å²) in [6.07, 6.45) is 8.21. The largest absolute Gasteiger partial charge is 0.382 e. The van der Waals surface area contributed by atoms with Crippen LogP contribution in [0.5, 0.6) is 0 Å². The molecule has 6 nitrogen and oxygen atoms in total. The maximum atomic E-state index is 12.7. The number of rotatable bonds is 2. The van der Waals surface area contributed by atoms with Gasteiger partial charge in [0.1, 0.15) is 17.5 Å². The molecule has 2 bridgehead atoms. The summed E-state index contributed by atoms with van der Waals surface area (Å²) >= 11 is 0. The predicted octanol–water partition coefficient (Wildman–Crippen LogP) is 0.940. The van der Waals surface area contributed by atoms with Crippen LogP contribution in [0.25, 0.3) is 0 Å². The molecule has 0 radical (unpaired) electrons. The molecule has 3 aliphatic rings. The second kappa shape index (κ2) is 5.06. The molecule has 3 unspecified atom stereocenters. The molecular formula is C16H23N3O3. The lowest BCUT2D eigenvalue weighted by Gasteiger charge is -2.44. The first kappa shape index (κ1) is 14.2. The lowest BCUT2D eigenvalue weighted by Crippen LogP contribution is -2.55. The molecular weight excluding hydrogens is 282 g/mol. The lowest BCUT2D eigenvalue weighted by atomic mass is 9.85. The zero-order valence-corrected chi connectivity index (χ0v) is 12.9. The fraction of sp³-hybridized carbons (Fsp3) is 0.750. The number of piperidine rings is 1. The van der Waals surface area contributed by atoms with Crippen LogP contribution in [0.2, 0.25) is 0 Å². The summed E-state index contributed by atoms with van der Waals surface area (Å²) in [7, 11) is 1.91. The zero-order chi connectivity index (χ0) is 15.3. The predicted molar refractivity (Wildman–Crippen MR) is 79.0 cm³/mol. The van der Waals surface area contributed by atoms with Crippen LogP contribution in [0.3, 0.4) is 0 Å². The van der Waals surface area contributed by atoms with Crippen LogP contribution in [0.1, 0.15) is 44.3 Å². The molecule has 0 aliphatic carbocycles. The number of amides is 1. The van der Waals surface area contributed by atoms with Crippen LogP contribution < -0.4 is 0 Å². The number of nitrogens with zero attached hydrogens (tertiary/aromatic N) is 3. The number of imidazole rings is 1. The zero-order valence-electron chi connectivity index (χ0n) is 12.9. The van der Waals surface area contributed by atoms with Gasteiger partial charge in [-0.05, 0) is 25.7 Å². The molecule has 22 heavy (non-hydrogen) atoms. The Labute approximate surface area is 130 Å². The minimum absolute atomic E-state index is 0.108. The monoisotopic (exact) mass is 305 g/mol. The van der Waals surface area contributed by atoms with Crippen LogP contribution >= 0.6 is 0 Å². The molecule has 4 heterocycles. The molecule has 1 amide bonds. The average molecular weight is 305 g/mol. The highest BCUT2D eigenvalue weighted by Crippen LogP contribution is 2.45. The fourth-order valence-electron chi connectivity index (χ4n) is 4.52. The summed E-state index contributed by atoms with van der Waals surface area (Å²) in [4.78, 5) is 19.1. The first-order valence-electron chi connectivity index (χ1n) is 8.22. The van der Waals surface area contributed by atoms with Gasteiger partial charge in [-0.2, -0.15) is 0 Å². The molecule has 4 rings (SSSR count). The quantitative estimate of drug-likeness (QED) is 0.883. The lowest BCUT2D eigenvalue weighted by molar-refractivity contribution is -0.152. The minimum Gasteiger partial charge on any atom is -0.382 e. The molecule has 3 atom stereocenters. The molecule has 0 aromatic carbocycles. The van der Waals surface area contributed by atoms with Gasteiger partial charge in [0, 0.05) is 51.0 Å².